The van der Waals surface area contributed by atoms with E-state index in [0.717, 1.165) is 56.4 Å². The van der Waals surface area contributed by atoms with Crippen molar-refractivity contribution in [3.05, 3.63) is 60.3 Å². The zero-order chi connectivity index (χ0) is 18.2. The van der Waals surface area contributed by atoms with Crippen molar-refractivity contribution in [2.45, 2.75) is 13.0 Å². The SMILES string of the molecule is Cc1cc(N2CC(N3CCN(c4ccccn4)CC3)C2)nc2ccccc12. The van der Waals surface area contributed by atoms with Gasteiger partial charge in [0, 0.05) is 56.9 Å². The zero-order valence-corrected chi connectivity index (χ0v) is 15.8. The molecular formula is C22H25N5. The van der Waals surface area contributed by atoms with Gasteiger partial charge in [0.05, 0.1) is 5.52 Å². The highest BCUT2D eigenvalue weighted by Gasteiger charge is 2.34. The molecule has 0 saturated carbocycles. The number of hydrogen-bond donors (Lipinski definition) is 0. The summed E-state index contributed by atoms with van der Waals surface area (Å²) < 4.78 is 0. The minimum atomic E-state index is 0.643. The first-order chi connectivity index (χ1) is 13.3. The van der Waals surface area contributed by atoms with E-state index in [1.807, 2.05) is 12.3 Å². The maximum atomic E-state index is 4.88. The number of aromatic nitrogens is 2. The van der Waals surface area contributed by atoms with E-state index in [0.29, 0.717) is 6.04 Å². The number of piperazine rings is 1. The van der Waals surface area contributed by atoms with E-state index in [4.69, 9.17) is 4.98 Å². The van der Waals surface area contributed by atoms with Crippen LogP contribution in [-0.4, -0.2) is 60.2 Å². The van der Waals surface area contributed by atoms with Crippen molar-refractivity contribution in [2.24, 2.45) is 0 Å². The monoisotopic (exact) mass is 359 g/mol. The van der Waals surface area contributed by atoms with Gasteiger partial charge in [-0.15, -0.1) is 0 Å². The van der Waals surface area contributed by atoms with E-state index < -0.39 is 0 Å². The Morgan fingerprint density at radius 2 is 1.63 bits per heavy atom. The third-order valence-corrected chi connectivity index (χ3v) is 5.90. The highest BCUT2D eigenvalue weighted by Crippen LogP contribution is 2.27. The maximum absolute atomic E-state index is 4.88. The van der Waals surface area contributed by atoms with E-state index in [1.54, 1.807) is 0 Å². The normalized spacial score (nSPS) is 18.7. The van der Waals surface area contributed by atoms with Gasteiger partial charge in [0.2, 0.25) is 0 Å². The van der Waals surface area contributed by atoms with Gasteiger partial charge in [0.1, 0.15) is 11.6 Å². The zero-order valence-electron chi connectivity index (χ0n) is 15.8. The van der Waals surface area contributed by atoms with E-state index in [9.17, 15) is 0 Å². The summed E-state index contributed by atoms with van der Waals surface area (Å²) in [5, 5.41) is 1.25. The Hall–Kier alpha value is -2.66. The van der Waals surface area contributed by atoms with Crippen LogP contribution in [0.5, 0.6) is 0 Å². The molecule has 0 N–H and O–H groups in total. The van der Waals surface area contributed by atoms with Crippen molar-refractivity contribution >= 4 is 22.5 Å². The van der Waals surface area contributed by atoms with Gasteiger partial charge in [-0.2, -0.15) is 0 Å². The molecule has 5 nitrogen and oxygen atoms in total. The summed E-state index contributed by atoms with van der Waals surface area (Å²) in [5.74, 6) is 2.22. The number of anilines is 2. The third kappa shape index (κ3) is 3.12. The summed E-state index contributed by atoms with van der Waals surface area (Å²) in [4.78, 5) is 16.8. The Labute approximate surface area is 160 Å². The molecule has 2 aliphatic heterocycles. The van der Waals surface area contributed by atoms with Crippen LogP contribution in [-0.2, 0) is 0 Å². The predicted molar refractivity (Wildman–Crippen MR) is 111 cm³/mol. The minimum Gasteiger partial charge on any atom is -0.354 e. The molecule has 138 valence electrons. The summed E-state index contributed by atoms with van der Waals surface area (Å²) in [5.41, 5.74) is 2.41. The molecule has 4 heterocycles. The van der Waals surface area contributed by atoms with Crippen molar-refractivity contribution in [1.82, 2.24) is 14.9 Å². The molecule has 0 bridgehead atoms. The molecule has 5 heteroatoms. The number of benzene rings is 1. The van der Waals surface area contributed by atoms with Crippen LogP contribution in [0.3, 0.4) is 0 Å². The summed E-state index contributed by atoms with van der Waals surface area (Å²) >= 11 is 0. The second-order valence-corrected chi connectivity index (χ2v) is 7.58. The van der Waals surface area contributed by atoms with Gasteiger partial charge in [0.15, 0.2) is 0 Å². The molecular weight excluding hydrogens is 334 g/mol. The number of nitrogens with zero attached hydrogens (tertiary/aromatic N) is 5. The van der Waals surface area contributed by atoms with Crippen LogP contribution >= 0.6 is 0 Å². The smallest absolute Gasteiger partial charge is 0.129 e. The Morgan fingerprint density at radius 1 is 0.852 bits per heavy atom. The molecule has 0 aliphatic carbocycles. The van der Waals surface area contributed by atoms with Gasteiger partial charge in [-0.1, -0.05) is 24.3 Å². The summed E-state index contributed by atoms with van der Waals surface area (Å²) in [6.07, 6.45) is 1.88. The predicted octanol–water partition coefficient (Wildman–Crippen LogP) is 2.95. The first kappa shape index (κ1) is 16.5. The van der Waals surface area contributed by atoms with Gasteiger partial charge in [-0.3, -0.25) is 4.90 Å². The van der Waals surface area contributed by atoms with Gasteiger partial charge < -0.3 is 9.80 Å². The van der Waals surface area contributed by atoms with E-state index in [1.165, 1.54) is 10.9 Å². The Bertz CT molecular complexity index is 928. The van der Waals surface area contributed by atoms with E-state index in [-0.39, 0.29) is 0 Å². The number of rotatable bonds is 3. The van der Waals surface area contributed by atoms with E-state index >= 15 is 0 Å². The molecule has 2 aromatic heterocycles. The van der Waals surface area contributed by atoms with Crippen LogP contribution in [0.25, 0.3) is 10.9 Å². The molecule has 5 rings (SSSR count). The van der Waals surface area contributed by atoms with Crippen molar-refractivity contribution in [2.75, 3.05) is 49.1 Å². The molecule has 0 atom stereocenters. The van der Waals surface area contributed by atoms with Gasteiger partial charge in [0.25, 0.3) is 0 Å². The lowest BCUT2D eigenvalue weighted by Crippen LogP contribution is -2.63. The average molecular weight is 359 g/mol. The fourth-order valence-corrected chi connectivity index (χ4v) is 4.22. The van der Waals surface area contributed by atoms with Crippen LogP contribution in [0, 0.1) is 6.92 Å². The second kappa shape index (κ2) is 6.82. The molecule has 0 amide bonds. The minimum absolute atomic E-state index is 0.643. The molecule has 2 aliphatic rings. The number of hydrogen-bond acceptors (Lipinski definition) is 5. The lowest BCUT2D eigenvalue weighted by Gasteiger charge is -2.48. The maximum Gasteiger partial charge on any atom is 0.129 e. The topological polar surface area (TPSA) is 35.5 Å². The van der Waals surface area contributed by atoms with Crippen LogP contribution in [0.2, 0.25) is 0 Å². The van der Waals surface area contributed by atoms with Crippen LogP contribution < -0.4 is 9.80 Å². The van der Waals surface area contributed by atoms with Crippen LogP contribution in [0.1, 0.15) is 5.56 Å². The first-order valence-corrected chi connectivity index (χ1v) is 9.79. The molecule has 0 unspecified atom stereocenters. The van der Waals surface area contributed by atoms with E-state index in [2.05, 4.69) is 69.1 Å². The summed E-state index contributed by atoms with van der Waals surface area (Å²) in [6.45, 7) is 8.67. The fourth-order valence-electron chi connectivity index (χ4n) is 4.22. The highest BCUT2D eigenvalue weighted by atomic mass is 15.4. The molecule has 3 aromatic rings. The Morgan fingerprint density at radius 3 is 2.41 bits per heavy atom. The first-order valence-electron chi connectivity index (χ1n) is 9.79. The number of pyridine rings is 2. The number of fused-ring (bicyclic) bond motifs is 1. The molecule has 0 spiro atoms. The largest absolute Gasteiger partial charge is 0.354 e. The highest BCUT2D eigenvalue weighted by molar-refractivity contribution is 5.84. The number of para-hydroxylation sites is 1. The molecule has 2 saturated heterocycles. The second-order valence-electron chi connectivity index (χ2n) is 7.58. The average Bonchev–Trinajstić information content (AvgIpc) is 2.68. The van der Waals surface area contributed by atoms with Crippen LogP contribution in [0.15, 0.2) is 54.7 Å². The van der Waals surface area contributed by atoms with Gasteiger partial charge in [-0.25, -0.2) is 9.97 Å². The number of aryl methyl sites for hydroxylation is 1. The summed E-state index contributed by atoms with van der Waals surface area (Å²) in [7, 11) is 0. The van der Waals surface area contributed by atoms with Crippen LogP contribution in [0.4, 0.5) is 11.6 Å². The molecule has 0 radical (unpaired) electrons. The van der Waals surface area contributed by atoms with Gasteiger partial charge >= 0.3 is 0 Å². The van der Waals surface area contributed by atoms with Gasteiger partial charge in [-0.05, 0) is 36.8 Å². The van der Waals surface area contributed by atoms with Crippen molar-refractivity contribution in [3.8, 4) is 0 Å². The van der Waals surface area contributed by atoms with Crippen molar-refractivity contribution < 1.29 is 0 Å². The Kier molecular flexibility index (Phi) is 4.17. The van der Waals surface area contributed by atoms with Crippen molar-refractivity contribution in [3.63, 3.8) is 0 Å². The molecule has 27 heavy (non-hydrogen) atoms. The standard InChI is InChI=1S/C22H25N5/c1-17-14-22(24-20-7-3-2-6-19(17)20)27-15-18(16-27)25-10-12-26(13-11-25)21-8-4-5-9-23-21/h2-9,14,18H,10-13,15-16H2,1H3. The third-order valence-electron chi connectivity index (χ3n) is 5.90. The molecule has 1 aromatic carbocycles. The lowest BCUT2D eigenvalue weighted by atomic mass is 10.0. The Balaban J connectivity index is 1.21. The summed E-state index contributed by atoms with van der Waals surface area (Å²) in [6, 6.07) is 17.4. The fraction of sp³-hybridized carbons (Fsp3) is 0.364. The van der Waals surface area contributed by atoms with Crippen molar-refractivity contribution in [1.29, 1.82) is 0 Å². The quantitative estimate of drug-likeness (QED) is 0.718. The molecule has 2 fully saturated rings. The lowest BCUT2D eigenvalue weighted by molar-refractivity contribution is 0.156.